The first kappa shape index (κ1) is 15.4. The van der Waals surface area contributed by atoms with Crippen molar-refractivity contribution >= 4 is 0 Å². The van der Waals surface area contributed by atoms with Crippen LogP contribution in [0.5, 0.6) is 5.88 Å². The molecule has 0 aromatic carbocycles. The fourth-order valence-corrected chi connectivity index (χ4v) is 2.27. The second kappa shape index (κ2) is 7.73. The SMILES string of the molecule is CCCNC(CCc1ccnn1C)c1cc(OC)ncn1. The van der Waals surface area contributed by atoms with Crippen LogP contribution in [0.1, 0.15) is 37.2 Å². The van der Waals surface area contributed by atoms with Crippen molar-refractivity contribution in [2.24, 2.45) is 7.05 Å². The van der Waals surface area contributed by atoms with E-state index in [0.29, 0.717) is 5.88 Å². The molecule has 0 spiro atoms. The molecular formula is C15H23N5O. The zero-order valence-corrected chi connectivity index (χ0v) is 12.9. The van der Waals surface area contributed by atoms with Crippen LogP contribution in [0.4, 0.5) is 0 Å². The standard InChI is InChI=1S/C15H23N5O/c1-4-8-16-13(6-5-12-7-9-19-20(12)2)14-10-15(21-3)18-11-17-14/h7,9-11,13,16H,4-6,8H2,1-3H3. The monoisotopic (exact) mass is 289 g/mol. The molecule has 1 unspecified atom stereocenters. The average molecular weight is 289 g/mol. The number of hydrogen-bond acceptors (Lipinski definition) is 5. The van der Waals surface area contributed by atoms with Crippen LogP contribution < -0.4 is 10.1 Å². The average Bonchev–Trinajstić information content (AvgIpc) is 2.93. The molecule has 0 aliphatic rings. The van der Waals surface area contributed by atoms with E-state index in [0.717, 1.165) is 31.5 Å². The number of methoxy groups -OCH3 is 1. The van der Waals surface area contributed by atoms with Gasteiger partial charge in [0.15, 0.2) is 0 Å². The molecule has 2 rings (SSSR count). The molecule has 0 saturated carbocycles. The highest BCUT2D eigenvalue weighted by molar-refractivity contribution is 5.17. The summed E-state index contributed by atoms with van der Waals surface area (Å²) < 4.78 is 7.10. The molecule has 6 heteroatoms. The van der Waals surface area contributed by atoms with Crippen LogP contribution in [-0.4, -0.2) is 33.4 Å². The van der Waals surface area contributed by atoms with E-state index in [1.54, 1.807) is 13.4 Å². The van der Waals surface area contributed by atoms with E-state index < -0.39 is 0 Å². The molecule has 21 heavy (non-hydrogen) atoms. The van der Waals surface area contributed by atoms with Gasteiger partial charge in [-0.2, -0.15) is 5.10 Å². The Morgan fingerprint density at radius 2 is 2.24 bits per heavy atom. The first-order valence-corrected chi connectivity index (χ1v) is 7.30. The fourth-order valence-electron chi connectivity index (χ4n) is 2.27. The minimum Gasteiger partial charge on any atom is -0.481 e. The van der Waals surface area contributed by atoms with Crippen molar-refractivity contribution in [2.75, 3.05) is 13.7 Å². The number of aryl methyl sites for hydroxylation is 2. The van der Waals surface area contributed by atoms with Gasteiger partial charge in [0.25, 0.3) is 0 Å². The molecule has 0 aliphatic heterocycles. The summed E-state index contributed by atoms with van der Waals surface area (Å²) in [4.78, 5) is 8.46. The Bertz CT molecular complexity index is 555. The van der Waals surface area contributed by atoms with Gasteiger partial charge in [0.2, 0.25) is 5.88 Å². The molecule has 0 aliphatic carbocycles. The van der Waals surface area contributed by atoms with E-state index in [2.05, 4.69) is 33.4 Å². The van der Waals surface area contributed by atoms with Crippen LogP contribution in [0.3, 0.4) is 0 Å². The Morgan fingerprint density at radius 1 is 1.38 bits per heavy atom. The van der Waals surface area contributed by atoms with Crippen LogP contribution in [0.2, 0.25) is 0 Å². The molecular weight excluding hydrogens is 266 g/mol. The summed E-state index contributed by atoms with van der Waals surface area (Å²) in [5, 5.41) is 7.75. The molecule has 0 saturated heterocycles. The van der Waals surface area contributed by atoms with Gasteiger partial charge in [-0.05, 0) is 31.9 Å². The van der Waals surface area contributed by atoms with Crippen LogP contribution in [0.25, 0.3) is 0 Å². The number of nitrogens with zero attached hydrogens (tertiary/aromatic N) is 4. The maximum absolute atomic E-state index is 5.19. The van der Waals surface area contributed by atoms with Gasteiger partial charge in [0.05, 0.1) is 18.8 Å². The van der Waals surface area contributed by atoms with Gasteiger partial charge >= 0.3 is 0 Å². The van der Waals surface area contributed by atoms with E-state index in [-0.39, 0.29) is 6.04 Å². The largest absolute Gasteiger partial charge is 0.481 e. The maximum atomic E-state index is 5.19. The summed E-state index contributed by atoms with van der Waals surface area (Å²) in [5.74, 6) is 0.601. The van der Waals surface area contributed by atoms with Crippen molar-refractivity contribution in [2.45, 2.75) is 32.2 Å². The highest BCUT2D eigenvalue weighted by atomic mass is 16.5. The molecule has 0 amide bonds. The van der Waals surface area contributed by atoms with Crippen LogP contribution in [0, 0.1) is 0 Å². The lowest BCUT2D eigenvalue weighted by Crippen LogP contribution is -2.24. The van der Waals surface area contributed by atoms with Crippen LogP contribution in [-0.2, 0) is 13.5 Å². The van der Waals surface area contributed by atoms with Gasteiger partial charge in [-0.25, -0.2) is 9.97 Å². The van der Waals surface area contributed by atoms with E-state index in [1.165, 1.54) is 5.69 Å². The van der Waals surface area contributed by atoms with Gasteiger partial charge < -0.3 is 10.1 Å². The minimum absolute atomic E-state index is 0.191. The number of nitrogens with one attached hydrogen (secondary N) is 1. The smallest absolute Gasteiger partial charge is 0.216 e. The third-order valence-corrected chi connectivity index (χ3v) is 3.48. The molecule has 114 valence electrons. The van der Waals surface area contributed by atoms with Crippen molar-refractivity contribution in [3.8, 4) is 5.88 Å². The van der Waals surface area contributed by atoms with E-state index in [9.17, 15) is 0 Å². The lowest BCUT2D eigenvalue weighted by atomic mass is 10.1. The first-order valence-electron chi connectivity index (χ1n) is 7.30. The lowest BCUT2D eigenvalue weighted by Gasteiger charge is -2.18. The fraction of sp³-hybridized carbons (Fsp3) is 0.533. The van der Waals surface area contributed by atoms with Crippen molar-refractivity contribution in [1.82, 2.24) is 25.1 Å². The Hall–Kier alpha value is -1.95. The Kier molecular flexibility index (Phi) is 5.68. The van der Waals surface area contributed by atoms with Gasteiger partial charge in [-0.3, -0.25) is 4.68 Å². The third-order valence-electron chi connectivity index (χ3n) is 3.48. The first-order chi connectivity index (χ1) is 10.2. The molecule has 2 heterocycles. The number of rotatable bonds is 8. The summed E-state index contributed by atoms with van der Waals surface area (Å²) in [7, 11) is 3.59. The predicted molar refractivity (Wildman–Crippen MR) is 81.1 cm³/mol. The maximum Gasteiger partial charge on any atom is 0.216 e. The second-order valence-corrected chi connectivity index (χ2v) is 4.98. The molecule has 1 atom stereocenters. The number of ether oxygens (including phenoxy) is 1. The Labute approximate surface area is 125 Å². The molecule has 1 N–H and O–H groups in total. The molecule has 0 bridgehead atoms. The van der Waals surface area contributed by atoms with Crippen LogP contribution >= 0.6 is 0 Å². The molecule has 2 aromatic heterocycles. The molecule has 6 nitrogen and oxygen atoms in total. The van der Waals surface area contributed by atoms with Gasteiger partial charge in [0, 0.05) is 25.0 Å². The van der Waals surface area contributed by atoms with E-state index >= 15 is 0 Å². The molecule has 0 radical (unpaired) electrons. The van der Waals surface area contributed by atoms with Crippen molar-refractivity contribution in [3.63, 3.8) is 0 Å². The number of aromatic nitrogens is 4. The highest BCUT2D eigenvalue weighted by Crippen LogP contribution is 2.19. The van der Waals surface area contributed by atoms with E-state index in [1.807, 2.05) is 24.0 Å². The van der Waals surface area contributed by atoms with E-state index in [4.69, 9.17) is 4.74 Å². The Morgan fingerprint density at radius 3 is 2.90 bits per heavy atom. The van der Waals surface area contributed by atoms with Crippen molar-refractivity contribution in [1.29, 1.82) is 0 Å². The minimum atomic E-state index is 0.191. The second-order valence-electron chi connectivity index (χ2n) is 4.98. The highest BCUT2D eigenvalue weighted by Gasteiger charge is 2.14. The normalized spacial score (nSPS) is 12.3. The summed E-state index contributed by atoms with van der Waals surface area (Å²) >= 11 is 0. The zero-order chi connectivity index (χ0) is 15.1. The summed E-state index contributed by atoms with van der Waals surface area (Å²) in [6, 6.07) is 4.14. The van der Waals surface area contributed by atoms with Gasteiger partial charge in [0.1, 0.15) is 6.33 Å². The topological polar surface area (TPSA) is 64.9 Å². The van der Waals surface area contributed by atoms with Crippen molar-refractivity contribution < 1.29 is 4.74 Å². The summed E-state index contributed by atoms with van der Waals surface area (Å²) in [5.41, 5.74) is 2.19. The summed E-state index contributed by atoms with van der Waals surface area (Å²) in [6.07, 6.45) is 6.38. The quantitative estimate of drug-likeness (QED) is 0.804. The van der Waals surface area contributed by atoms with Gasteiger partial charge in [-0.1, -0.05) is 6.92 Å². The Balaban J connectivity index is 2.07. The third kappa shape index (κ3) is 4.26. The summed E-state index contributed by atoms with van der Waals surface area (Å²) in [6.45, 7) is 3.12. The van der Waals surface area contributed by atoms with Crippen LogP contribution in [0.15, 0.2) is 24.7 Å². The molecule has 2 aromatic rings. The molecule has 0 fully saturated rings. The predicted octanol–water partition coefficient (Wildman–Crippen LogP) is 1.89. The van der Waals surface area contributed by atoms with Gasteiger partial charge in [-0.15, -0.1) is 0 Å². The number of hydrogen-bond donors (Lipinski definition) is 1. The zero-order valence-electron chi connectivity index (χ0n) is 12.9. The van der Waals surface area contributed by atoms with Crippen molar-refractivity contribution in [3.05, 3.63) is 36.0 Å². The lowest BCUT2D eigenvalue weighted by molar-refractivity contribution is 0.392.